The van der Waals surface area contributed by atoms with E-state index >= 15 is 0 Å². The summed E-state index contributed by atoms with van der Waals surface area (Å²) in [5.41, 5.74) is 3.72. The minimum Gasteiger partial charge on any atom is -0.356 e. The van der Waals surface area contributed by atoms with E-state index in [0.29, 0.717) is 18.9 Å². The zero-order valence-corrected chi connectivity index (χ0v) is 14.5. The second kappa shape index (κ2) is 6.36. The molecule has 1 aliphatic rings. The smallest absolute Gasteiger partial charge is 0.220 e. The molecule has 1 amide bonds. The summed E-state index contributed by atoms with van der Waals surface area (Å²) in [6.45, 7) is 2.59. The molecule has 0 saturated heterocycles. The van der Waals surface area contributed by atoms with Gasteiger partial charge in [0.25, 0.3) is 0 Å². The number of hydrogen-bond donors (Lipinski definition) is 1. The van der Waals surface area contributed by atoms with Crippen molar-refractivity contribution in [1.82, 2.24) is 19.9 Å². The Morgan fingerprint density at radius 3 is 3.17 bits per heavy atom. The molecule has 2 heterocycles. The number of hydrogen-bond acceptors (Lipinski definition) is 4. The second-order valence-corrected chi connectivity index (χ2v) is 7.48. The third-order valence-electron chi connectivity index (χ3n) is 4.59. The molecule has 0 aliphatic heterocycles. The summed E-state index contributed by atoms with van der Waals surface area (Å²) in [6.07, 6.45) is 5.43. The van der Waals surface area contributed by atoms with Gasteiger partial charge in [0.2, 0.25) is 10.9 Å². The largest absolute Gasteiger partial charge is 0.356 e. The molecule has 124 valence electrons. The van der Waals surface area contributed by atoms with Crippen LogP contribution in [-0.2, 0) is 17.6 Å². The minimum atomic E-state index is 0.131. The highest BCUT2D eigenvalue weighted by Crippen LogP contribution is 2.34. The van der Waals surface area contributed by atoms with Crippen LogP contribution in [0.3, 0.4) is 0 Å². The monoisotopic (exact) mass is 340 g/mol. The lowest BCUT2D eigenvalue weighted by atomic mass is 9.97. The van der Waals surface area contributed by atoms with E-state index in [4.69, 9.17) is 0 Å². The summed E-state index contributed by atoms with van der Waals surface area (Å²) < 4.78 is 1.81. The van der Waals surface area contributed by atoms with Crippen molar-refractivity contribution in [2.45, 2.75) is 38.5 Å². The molecule has 0 radical (unpaired) electrons. The second-order valence-electron chi connectivity index (χ2n) is 6.32. The van der Waals surface area contributed by atoms with Gasteiger partial charge in [-0.2, -0.15) is 5.10 Å². The molecule has 2 aromatic heterocycles. The van der Waals surface area contributed by atoms with Crippen molar-refractivity contribution >= 4 is 22.2 Å². The average Bonchev–Trinajstić information content (AvgIpc) is 3.21. The van der Waals surface area contributed by atoms with Crippen LogP contribution in [0.15, 0.2) is 30.5 Å². The van der Waals surface area contributed by atoms with Gasteiger partial charge in [0, 0.05) is 19.4 Å². The molecular weight excluding hydrogens is 320 g/mol. The molecule has 0 fully saturated rings. The molecule has 24 heavy (non-hydrogen) atoms. The van der Waals surface area contributed by atoms with Gasteiger partial charge in [-0.05, 0) is 36.8 Å². The molecule has 4 rings (SSSR count). The highest BCUT2D eigenvalue weighted by Gasteiger charge is 2.23. The van der Waals surface area contributed by atoms with E-state index < -0.39 is 0 Å². The number of benzene rings is 1. The lowest BCUT2D eigenvalue weighted by Gasteiger charge is -2.11. The Hall–Kier alpha value is -2.21. The van der Waals surface area contributed by atoms with Crippen molar-refractivity contribution in [1.29, 1.82) is 0 Å². The Morgan fingerprint density at radius 1 is 1.42 bits per heavy atom. The standard InChI is InChI=1S/C18H20N4OS/c1-12-21-22-11-15(20-18(22)24-12)8-9-19-17(23)10-14-7-6-13-4-2-3-5-16(13)14/h2-5,11,14H,6-10H2,1H3,(H,19,23)/t14-/m0/s1. The molecular formula is C18H20N4OS. The molecule has 1 aromatic carbocycles. The molecule has 1 aliphatic carbocycles. The molecule has 5 nitrogen and oxygen atoms in total. The normalized spacial score (nSPS) is 16.5. The van der Waals surface area contributed by atoms with E-state index in [-0.39, 0.29) is 5.91 Å². The molecule has 1 N–H and O–H groups in total. The Bertz CT molecular complexity index is 851. The first-order valence-corrected chi connectivity index (χ1v) is 9.17. The number of nitrogens with one attached hydrogen (secondary N) is 1. The van der Waals surface area contributed by atoms with Crippen molar-refractivity contribution in [3.63, 3.8) is 0 Å². The SMILES string of the molecule is Cc1nn2cc(CCNC(=O)C[C@@H]3CCc4ccccc43)nc2s1. The number of amides is 1. The number of aromatic nitrogens is 3. The third kappa shape index (κ3) is 3.06. The van der Waals surface area contributed by atoms with Crippen LogP contribution in [0.4, 0.5) is 0 Å². The van der Waals surface area contributed by atoms with Crippen molar-refractivity contribution < 1.29 is 4.79 Å². The molecule has 0 unspecified atom stereocenters. The predicted molar refractivity (Wildman–Crippen MR) is 94.4 cm³/mol. The Morgan fingerprint density at radius 2 is 2.29 bits per heavy atom. The fraction of sp³-hybridized carbons (Fsp3) is 0.389. The number of imidazole rings is 1. The van der Waals surface area contributed by atoms with Crippen LogP contribution in [0.5, 0.6) is 0 Å². The van der Waals surface area contributed by atoms with Gasteiger partial charge in [-0.3, -0.25) is 4.79 Å². The van der Waals surface area contributed by atoms with Crippen molar-refractivity contribution in [3.05, 3.63) is 52.3 Å². The maximum absolute atomic E-state index is 12.2. The minimum absolute atomic E-state index is 0.131. The van der Waals surface area contributed by atoms with Crippen LogP contribution < -0.4 is 5.32 Å². The zero-order chi connectivity index (χ0) is 16.5. The van der Waals surface area contributed by atoms with E-state index in [2.05, 4.69) is 39.7 Å². The van der Waals surface area contributed by atoms with E-state index in [1.54, 1.807) is 11.3 Å². The summed E-state index contributed by atoms with van der Waals surface area (Å²) in [5, 5.41) is 8.39. The van der Waals surface area contributed by atoms with Crippen molar-refractivity contribution in [2.75, 3.05) is 6.54 Å². The summed E-state index contributed by atoms with van der Waals surface area (Å²) in [5.74, 6) is 0.498. The number of carbonyl (C=O) groups excluding carboxylic acids is 1. The first-order chi connectivity index (χ1) is 11.7. The maximum Gasteiger partial charge on any atom is 0.220 e. The Labute approximate surface area is 144 Å². The van der Waals surface area contributed by atoms with Gasteiger partial charge < -0.3 is 5.32 Å². The van der Waals surface area contributed by atoms with Crippen LogP contribution in [0.1, 0.15) is 40.6 Å². The lowest BCUT2D eigenvalue weighted by molar-refractivity contribution is -0.121. The van der Waals surface area contributed by atoms with Crippen molar-refractivity contribution in [3.8, 4) is 0 Å². The molecule has 0 spiro atoms. The van der Waals surface area contributed by atoms with E-state index in [1.165, 1.54) is 11.1 Å². The van der Waals surface area contributed by atoms with E-state index in [0.717, 1.165) is 34.9 Å². The zero-order valence-electron chi connectivity index (χ0n) is 13.7. The third-order valence-corrected chi connectivity index (χ3v) is 5.42. The highest BCUT2D eigenvalue weighted by molar-refractivity contribution is 7.16. The maximum atomic E-state index is 12.2. The van der Waals surface area contributed by atoms with Crippen LogP contribution in [-0.4, -0.2) is 27.0 Å². The van der Waals surface area contributed by atoms with Crippen LogP contribution in [0.25, 0.3) is 4.96 Å². The fourth-order valence-electron chi connectivity index (χ4n) is 3.45. The van der Waals surface area contributed by atoms with Crippen LogP contribution >= 0.6 is 11.3 Å². The molecule has 3 aromatic rings. The molecule has 0 saturated carbocycles. The summed E-state index contributed by atoms with van der Waals surface area (Å²) >= 11 is 1.58. The van der Waals surface area contributed by atoms with E-state index in [9.17, 15) is 4.79 Å². The van der Waals surface area contributed by atoms with Gasteiger partial charge in [-0.25, -0.2) is 9.50 Å². The Balaban J connectivity index is 1.28. The average molecular weight is 340 g/mol. The van der Waals surface area contributed by atoms with Gasteiger partial charge in [0.1, 0.15) is 5.01 Å². The predicted octanol–water partition coefficient (Wildman–Crippen LogP) is 2.88. The van der Waals surface area contributed by atoms with E-state index in [1.807, 2.05) is 17.6 Å². The number of fused-ring (bicyclic) bond motifs is 2. The first-order valence-electron chi connectivity index (χ1n) is 8.35. The topological polar surface area (TPSA) is 59.3 Å². The van der Waals surface area contributed by atoms with Crippen molar-refractivity contribution in [2.24, 2.45) is 0 Å². The number of carbonyl (C=O) groups is 1. The summed E-state index contributed by atoms with van der Waals surface area (Å²) in [4.78, 5) is 17.7. The van der Waals surface area contributed by atoms with Crippen LogP contribution in [0.2, 0.25) is 0 Å². The van der Waals surface area contributed by atoms with Gasteiger partial charge in [0.15, 0.2) is 0 Å². The summed E-state index contributed by atoms with van der Waals surface area (Å²) in [6, 6.07) is 8.48. The van der Waals surface area contributed by atoms with Gasteiger partial charge >= 0.3 is 0 Å². The number of nitrogens with zero attached hydrogens (tertiary/aromatic N) is 3. The van der Waals surface area contributed by atoms with Gasteiger partial charge in [-0.15, -0.1) is 0 Å². The fourth-order valence-corrected chi connectivity index (χ4v) is 4.19. The lowest BCUT2D eigenvalue weighted by Crippen LogP contribution is -2.26. The van der Waals surface area contributed by atoms with Gasteiger partial charge in [0.05, 0.1) is 11.9 Å². The van der Waals surface area contributed by atoms with Crippen LogP contribution in [0, 0.1) is 6.92 Å². The van der Waals surface area contributed by atoms with Gasteiger partial charge in [-0.1, -0.05) is 35.6 Å². The highest BCUT2D eigenvalue weighted by atomic mass is 32.1. The quantitative estimate of drug-likeness (QED) is 0.777. The Kier molecular flexibility index (Phi) is 4.06. The number of rotatable bonds is 5. The molecule has 6 heteroatoms. The number of aryl methyl sites for hydroxylation is 2. The summed E-state index contributed by atoms with van der Waals surface area (Å²) in [7, 11) is 0. The molecule has 0 bridgehead atoms. The first kappa shape index (κ1) is 15.3. The molecule has 1 atom stereocenters.